The molecule has 3 N–H and O–H groups in total. The van der Waals surface area contributed by atoms with Crippen molar-refractivity contribution in [3.8, 4) is 0 Å². The van der Waals surface area contributed by atoms with Crippen LogP contribution in [0.4, 0.5) is 10.5 Å². The molecular formula is C19H27N3O4. The van der Waals surface area contributed by atoms with Gasteiger partial charge in [-0.3, -0.25) is 19.8 Å². The molecule has 1 aliphatic rings. The van der Waals surface area contributed by atoms with E-state index >= 15 is 0 Å². The zero-order valence-corrected chi connectivity index (χ0v) is 15.7. The Balaban J connectivity index is 1.95. The lowest BCUT2D eigenvalue weighted by Crippen LogP contribution is -2.53. The minimum absolute atomic E-state index is 0.184. The Morgan fingerprint density at radius 2 is 1.92 bits per heavy atom. The van der Waals surface area contributed by atoms with E-state index in [1.54, 1.807) is 13.0 Å². The summed E-state index contributed by atoms with van der Waals surface area (Å²) in [6, 6.07) is 4.45. The van der Waals surface area contributed by atoms with Gasteiger partial charge in [0, 0.05) is 18.8 Å². The summed E-state index contributed by atoms with van der Waals surface area (Å²) in [4.78, 5) is 37.6. The van der Waals surface area contributed by atoms with Crippen molar-refractivity contribution in [1.82, 2.24) is 10.2 Å². The topological polar surface area (TPSA) is 98.7 Å². The van der Waals surface area contributed by atoms with E-state index in [0.717, 1.165) is 11.1 Å². The Labute approximate surface area is 153 Å². The van der Waals surface area contributed by atoms with Crippen molar-refractivity contribution in [3.63, 3.8) is 0 Å². The largest absolute Gasteiger partial charge is 0.481 e. The van der Waals surface area contributed by atoms with Gasteiger partial charge in [0.15, 0.2) is 0 Å². The molecule has 7 nitrogen and oxygen atoms in total. The molecule has 1 aromatic carbocycles. The third kappa shape index (κ3) is 5.05. The SMILES string of the molecule is Cc1ccc(NC(=O)NC(=O)C(C)N2CC(C)CC(C(=O)O)C2)c(C)c1. The first kappa shape index (κ1) is 19.9. The van der Waals surface area contributed by atoms with Gasteiger partial charge in [-0.2, -0.15) is 0 Å². The number of urea groups is 1. The number of carbonyl (C=O) groups is 3. The van der Waals surface area contributed by atoms with Gasteiger partial charge in [0.05, 0.1) is 12.0 Å². The third-order valence-electron chi connectivity index (χ3n) is 4.83. The monoisotopic (exact) mass is 361 g/mol. The highest BCUT2D eigenvalue weighted by molar-refractivity contribution is 6.03. The number of benzene rings is 1. The van der Waals surface area contributed by atoms with Crippen molar-refractivity contribution >= 4 is 23.6 Å². The summed E-state index contributed by atoms with van der Waals surface area (Å²) < 4.78 is 0. The summed E-state index contributed by atoms with van der Waals surface area (Å²) >= 11 is 0. The number of amides is 3. The van der Waals surface area contributed by atoms with E-state index in [9.17, 15) is 19.5 Å². The lowest BCUT2D eigenvalue weighted by atomic mass is 9.89. The molecule has 0 aromatic heterocycles. The second-order valence-corrected chi connectivity index (χ2v) is 7.27. The molecule has 3 amide bonds. The van der Waals surface area contributed by atoms with Gasteiger partial charge in [0.25, 0.3) is 0 Å². The molecule has 0 spiro atoms. The number of nitrogens with one attached hydrogen (secondary N) is 2. The Kier molecular flexibility index (Phi) is 6.37. The van der Waals surface area contributed by atoms with Crippen molar-refractivity contribution in [1.29, 1.82) is 0 Å². The van der Waals surface area contributed by atoms with Crippen LogP contribution in [0.3, 0.4) is 0 Å². The van der Waals surface area contributed by atoms with Crippen molar-refractivity contribution in [2.75, 3.05) is 18.4 Å². The maximum atomic E-state index is 12.4. The van der Waals surface area contributed by atoms with Crippen LogP contribution in [0.25, 0.3) is 0 Å². The Morgan fingerprint density at radius 3 is 2.54 bits per heavy atom. The average Bonchev–Trinajstić information content (AvgIpc) is 2.56. The molecule has 0 saturated carbocycles. The first-order chi connectivity index (χ1) is 12.2. The molecule has 1 fully saturated rings. The Bertz CT molecular complexity index is 704. The smallest absolute Gasteiger partial charge is 0.325 e. The number of anilines is 1. The average molecular weight is 361 g/mol. The molecule has 7 heteroatoms. The number of hydrogen-bond acceptors (Lipinski definition) is 4. The molecule has 1 saturated heterocycles. The van der Waals surface area contributed by atoms with E-state index in [1.807, 2.05) is 37.8 Å². The summed E-state index contributed by atoms with van der Waals surface area (Å²) in [5.41, 5.74) is 2.64. The number of piperidine rings is 1. The summed E-state index contributed by atoms with van der Waals surface area (Å²) in [7, 11) is 0. The molecule has 2 rings (SSSR count). The highest BCUT2D eigenvalue weighted by Gasteiger charge is 2.34. The fraction of sp³-hybridized carbons (Fsp3) is 0.526. The number of carboxylic acids is 1. The number of carbonyl (C=O) groups excluding carboxylic acids is 2. The fourth-order valence-electron chi connectivity index (χ4n) is 3.38. The molecule has 0 radical (unpaired) electrons. The minimum atomic E-state index is -0.846. The molecule has 1 aromatic rings. The molecule has 142 valence electrons. The molecule has 0 bridgehead atoms. The molecule has 0 aliphatic carbocycles. The first-order valence-electron chi connectivity index (χ1n) is 8.83. The van der Waals surface area contributed by atoms with Gasteiger partial charge in [0.2, 0.25) is 5.91 Å². The lowest BCUT2D eigenvalue weighted by molar-refractivity contribution is -0.145. The second-order valence-electron chi connectivity index (χ2n) is 7.27. The highest BCUT2D eigenvalue weighted by atomic mass is 16.4. The van der Waals surface area contributed by atoms with E-state index in [0.29, 0.717) is 25.2 Å². The van der Waals surface area contributed by atoms with E-state index in [4.69, 9.17) is 0 Å². The number of rotatable bonds is 4. The standard InChI is InChI=1S/C19H27N3O4/c1-11-5-6-16(13(3)7-11)20-19(26)21-17(23)14(4)22-9-12(2)8-15(10-22)18(24)25/h5-7,12,14-15H,8-10H2,1-4H3,(H,24,25)(H2,20,21,23,26). The molecule has 1 heterocycles. The van der Waals surface area contributed by atoms with Crippen LogP contribution in [0.5, 0.6) is 0 Å². The van der Waals surface area contributed by atoms with Crippen molar-refractivity contribution < 1.29 is 19.5 Å². The van der Waals surface area contributed by atoms with Crippen molar-refractivity contribution in [2.24, 2.45) is 11.8 Å². The van der Waals surface area contributed by atoms with E-state index in [-0.39, 0.29) is 5.92 Å². The summed E-state index contributed by atoms with van der Waals surface area (Å²) in [5.74, 6) is -1.59. The Morgan fingerprint density at radius 1 is 1.23 bits per heavy atom. The molecule has 3 unspecified atom stereocenters. The van der Waals surface area contributed by atoms with Gasteiger partial charge < -0.3 is 10.4 Å². The number of carboxylic acid groups (broad SMARTS) is 1. The van der Waals surface area contributed by atoms with Crippen LogP contribution in [0.2, 0.25) is 0 Å². The maximum Gasteiger partial charge on any atom is 0.325 e. The van der Waals surface area contributed by atoms with E-state index in [1.165, 1.54) is 0 Å². The molecule has 1 aliphatic heterocycles. The van der Waals surface area contributed by atoms with Crippen LogP contribution in [0, 0.1) is 25.7 Å². The number of hydrogen-bond donors (Lipinski definition) is 3. The quantitative estimate of drug-likeness (QED) is 0.765. The van der Waals surface area contributed by atoms with Gasteiger partial charge in [-0.1, -0.05) is 24.6 Å². The van der Waals surface area contributed by atoms with E-state index < -0.39 is 29.9 Å². The number of aryl methyl sites for hydroxylation is 2. The van der Waals surface area contributed by atoms with Crippen molar-refractivity contribution in [2.45, 2.75) is 40.2 Å². The van der Waals surface area contributed by atoms with E-state index in [2.05, 4.69) is 10.6 Å². The van der Waals surface area contributed by atoms with Gasteiger partial charge >= 0.3 is 12.0 Å². The predicted molar refractivity (Wildman–Crippen MR) is 99.0 cm³/mol. The Hall–Kier alpha value is -2.41. The van der Waals surface area contributed by atoms with Crippen LogP contribution >= 0.6 is 0 Å². The normalized spacial score (nSPS) is 21.7. The summed E-state index contributed by atoms with van der Waals surface area (Å²) in [6.07, 6.45) is 0.605. The first-order valence-corrected chi connectivity index (χ1v) is 8.83. The number of imide groups is 1. The zero-order chi connectivity index (χ0) is 19.4. The number of nitrogens with zero attached hydrogens (tertiary/aromatic N) is 1. The van der Waals surface area contributed by atoms with Crippen LogP contribution in [-0.4, -0.2) is 47.0 Å². The summed E-state index contributed by atoms with van der Waals surface area (Å²) in [6.45, 7) is 8.46. The predicted octanol–water partition coefficient (Wildman–Crippen LogP) is 2.38. The maximum absolute atomic E-state index is 12.4. The molecular weight excluding hydrogens is 334 g/mol. The van der Waals surface area contributed by atoms with Gasteiger partial charge in [-0.25, -0.2) is 4.79 Å². The zero-order valence-electron chi connectivity index (χ0n) is 15.7. The number of aliphatic carboxylic acids is 1. The third-order valence-corrected chi connectivity index (χ3v) is 4.83. The molecule has 26 heavy (non-hydrogen) atoms. The number of likely N-dealkylation sites (tertiary alicyclic amines) is 1. The highest BCUT2D eigenvalue weighted by Crippen LogP contribution is 2.23. The molecule has 3 atom stereocenters. The second kappa shape index (κ2) is 8.31. The summed E-state index contributed by atoms with van der Waals surface area (Å²) in [5, 5.41) is 14.3. The van der Waals surface area contributed by atoms with Crippen LogP contribution in [0.1, 0.15) is 31.4 Å². The van der Waals surface area contributed by atoms with Gasteiger partial charge in [-0.05, 0) is 44.7 Å². The minimum Gasteiger partial charge on any atom is -0.481 e. The fourth-order valence-corrected chi connectivity index (χ4v) is 3.38. The van der Waals surface area contributed by atoms with Gasteiger partial charge in [0.1, 0.15) is 0 Å². The van der Waals surface area contributed by atoms with Crippen molar-refractivity contribution in [3.05, 3.63) is 29.3 Å². The van der Waals surface area contributed by atoms with Crippen LogP contribution in [-0.2, 0) is 9.59 Å². The lowest BCUT2D eigenvalue weighted by Gasteiger charge is -2.37. The van der Waals surface area contributed by atoms with Crippen LogP contribution in [0.15, 0.2) is 18.2 Å². The van der Waals surface area contributed by atoms with Gasteiger partial charge in [-0.15, -0.1) is 0 Å². The van der Waals surface area contributed by atoms with Crippen LogP contribution < -0.4 is 10.6 Å².